The quantitative estimate of drug-likeness (QED) is 0.749. The lowest BCUT2D eigenvalue weighted by molar-refractivity contribution is -0.127. The number of benzene rings is 1. The molecule has 1 saturated heterocycles. The van der Waals surface area contributed by atoms with Gasteiger partial charge in [-0.3, -0.25) is 9.59 Å². The van der Waals surface area contributed by atoms with Crippen molar-refractivity contribution in [2.75, 3.05) is 46.8 Å². The van der Waals surface area contributed by atoms with Crippen LogP contribution in [0.15, 0.2) is 40.9 Å². The molecule has 0 saturated carbocycles. The number of carbonyl (C=O) groups excluding carboxylic acids is 2. The van der Waals surface area contributed by atoms with E-state index in [0.29, 0.717) is 31.7 Å². The van der Waals surface area contributed by atoms with Gasteiger partial charge in [0.1, 0.15) is 0 Å². The van der Waals surface area contributed by atoms with Crippen molar-refractivity contribution in [1.82, 2.24) is 14.7 Å². The van der Waals surface area contributed by atoms with E-state index in [9.17, 15) is 9.59 Å². The van der Waals surface area contributed by atoms with E-state index in [1.54, 1.807) is 15.9 Å². The molecule has 0 unspecified atom stereocenters. The van der Waals surface area contributed by atoms with Gasteiger partial charge in [0.25, 0.3) is 5.91 Å². The van der Waals surface area contributed by atoms with E-state index in [1.165, 1.54) is 0 Å². The van der Waals surface area contributed by atoms with Crippen molar-refractivity contribution < 1.29 is 9.59 Å². The Morgan fingerprint density at radius 1 is 1.09 bits per heavy atom. The zero-order valence-electron chi connectivity index (χ0n) is 13.5. The molecule has 0 aliphatic carbocycles. The summed E-state index contributed by atoms with van der Waals surface area (Å²) in [6.45, 7) is 3.04. The number of amides is 2. The molecule has 0 atom stereocenters. The van der Waals surface area contributed by atoms with E-state index in [0.717, 1.165) is 11.0 Å². The van der Waals surface area contributed by atoms with Crippen LogP contribution in [0.25, 0.3) is 0 Å². The summed E-state index contributed by atoms with van der Waals surface area (Å²) in [6, 6.07) is 7.35. The van der Waals surface area contributed by atoms with Crippen molar-refractivity contribution in [3.8, 4) is 0 Å². The maximum atomic E-state index is 12.4. The number of nitrogens with zero attached hydrogens (tertiary/aromatic N) is 3. The lowest BCUT2D eigenvalue weighted by Crippen LogP contribution is -2.50. The lowest BCUT2D eigenvalue weighted by atomic mass is 10.2. The van der Waals surface area contributed by atoms with Crippen LogP contribution in [0.1, 0.15) is 10.4 Å². The first kappa shape index (κ1) is 17.7. The van der Waals surface area contributed by atoms with Crippen molar-refractivity contribution in [2.45, 2.75) is 0 Å². The number of halogens is 1. The van der Waals surface area contributed by atoms with Gasteiger partial charge in [-0.05, 0) is 38.4 Å². The van der Waals surface area contributed by atoms with Gasteiger partial charge in [0.05, 0.1) is 0 Å². The summed E-state index contributed by atoms with van der Waals surface area (Å²) < 4.78 is 0.953. The zero-order chi connectivity index (χ0) is 16.8. The molecule has 1 aromatic rings. The Morgan fingerprint density at radius 2 is 1.65 bits per heavy atom. The molecule has 124 valence electrons. The normalized spacial score (nSPS) is 15.5. The molecule has 2 amide bonds. The topological polar surface area (TPSA) is 43.9 Å². The molecule has 1 aliphatic rings. The van der Waals surface area contributed by atoms with E-state index in [2.05, 4.69) is 15.9 Å². The van der Waals surface area contributed by atoms with Crippen LogP contribution < -0.4 is 0 Å². The van der Waals surface area contributed by atoms with E-state index in [-0.39, 0.29) is 11.8 Å². The predicted octanol–water partition coefficient (Wildman–Crippen LogP) is 1.85. The van der Waals surface area contributed by atoms with Crippen molar-refractivity contribution >= 4 is 27.7 Å². The Balaban J connectivity index is 1.86. The number of hydrogen-bond donors (Lipinski definition) is 0. The smallest absolute Gasteiger partial charge is 0.253 e. The average molecular weight is 380 g/mol. The summed E-state index contributed by atoms with van der Waals surface area (Å²) in [4.78, 5) is 30.1. The van der Waals surface area contributed by atoms with Gasteiger partial charge in [0.15, 0.2) is 0 Å². The summed E-state index contributed by atoms with van der Waals surface area (Å²) >= 11 is 3.37. The van der Waals surface area contributed by atoms with Gasteiger partial charge in [-0.1, -0.05) is 22.0 Å². The molecule has 0 radical (unpaired) electrons. The van der Waals surface area contributed by atoms with Crippen LogP contribution in [0.3, 0.4) is 0 Å². The van der Waals surface area contributed by atoms with Crippen LogP contribution in [0.4, 0.5) is 0 Å². The molecule has 0 aromatic heterocycles. The Kier molecular flexibility index (Phi) is 6.36. The highest BCUT2D eigenvalue weighted by Crippen LogP contribution is 2.13. The van der Waals surface area contributed by atoms with Gasteiger partial charge < -0.3 is 14.7 Å². The monoisotopic (exact) mass is 379 g/mol. The van der Waals surface area contributed by atoms with E-state index < -0.39 is 0 Å². The molecule has 1 aromatic carbocycles. The third-order valence-electron chi connectivity index (χ3n) is 3.70. The first-order chi connectivity index (χ1) is 11.0. The summed E-state index contributed by atoms with van der Waals surface area (Å²) in [5.74, 6) is 0.0374. The van der Waals surface area contributed by atoms with Gasteiger partial charge in [0.2, 0.25) is 5.91 Å². The van der Waals surface area contributed by atoms with Crippen LogP contribution >= 0.6 is 15.9 Å². The molecule has 1 heterocycles. The standard InChI is InChI=1S/C17H22BrN3O2/c1-19(2)9-3-4-16(22)20-10-12-21(13-11-20)17(23)14-5-7-15(18)8-6-14/h3-8H,9-13H2,1-2H3/b4-3+. The SMILES string of the molecule is CN(C)C/C=C/C(=O)N1CCN(C(=O)c2ccc(Br)cc2)CC1. The van der Waals surface area contributed by atoms with Gasteiger partial charge in [-0.2, -0.15) is 0 Å². The Labute approximate surface area is 145 Å². The number of carbonyl (C=O) groups is 2. The lowest BCUT2D eigenvalue weighted by Gasteiger charge is -2.34. The number of hydrogen-bond acceptors (Lipinski definition) is 3. The van der Waals surface area contributed by atoms with E-state index in [4.69, 9.17) is 0 Å². The van der Waals surface area contributed by atoms with E-state index in [1.807, 2.05) is 49.3 Å². The predicted molar refractivity (Wildman–Crippen MR) is 94.3 cm³/mol. The number of piperazine rings is 1. The maximum absolute atomic E-state index is 12.4. The molecule has 6 heteroatoms. The second kappa shape index (κ2) is 8.26. The van der Waals surface area contributed by atoms with Crippen LogP contribution in [-0.2, 0) is 4.79 Å². The average Bonchev–Trinajstić information content (AvgIpc) is 2.54. The summed E-state index contributed by atoms with van der Waals surface area (Å²) in [6.07, 6.45) is 3.48. The molecule has 23 heavy (non-hydrogen) atoms. The molecule has 0 spiro atoms. The number of likely N-dealkylation sites (N-methyl/N-ethyl adjacent to an activating group) is 1. The first-order valence-corrected chi connectivity index (χ1v) is 8.41. The Bertz CT molecular complexity index is 576. The molecule has 0 N–H and O–H groups in total. The maximum Gasteiger partial charge on any atom is 0.253 e. The van der Waals surface area contributed by atoms with Gasteiger partial charge in [-0.25, -0.2) is 0 Å². The largest absolute Gasteiger partial charge is 0.336 e. The summed E-state index contributed by atoms with van der Waals surface area (Å²) in [5, 5.41) is 0. The third kappa shape index (κ3) is 5.18. The zero-order valence-corrected chi connectivity index (χ0v) is 15.1. The van der Waals surface area contributed by atoms with E-state index >= 15 is 0 Å². The van der Waals surface area contributed by atoms with Crippen molar-refractivity contribution in [3.05, 3.63) is 46.5 Å². The third-order valence-corrected chi connectivity index (χ3v) is 4.23. The molecule has 1 aliphatic heterocycles. The molecular formula is C17H22BrN3O2. The molecule has 2 rings (SSSR count). The van der Waals surface area contributed by atoms with Gasteiger partial charge >= 0.3 is 0 Å². The van der Waals surface area contributed by atoms with Gasteiger partial charge in [0, 0.05) is 48.8 Å². The molecule has 0 bridgehead atoms. The van der Waals surface area contributed by atoms with Crippen molar-refractivity contribution in [3.63, 3.8) is 0 Å². The summed E-state index contributed by atoms with van der Waals surface area (Å²) in [7, 11) is 3.92. The van der Waals surface area contributed by atoms with Crippen molar-refractivity contribution in [1.29, 1.82) is 0 Å². The van der Waals surface area contributed by atoms with Crippen molar-refractivity contribution in [2.24, 2.45) is 0 Å². The molecule has 5 nitrogen and oxygen atoms in total. The van der Waals surface area contributed by atoms with Crippen LogP contribution in [0.2, 0.25) is 0 Å². The Hall–Kier alpha value is -1.66. The fraction of sp³-hybridized carbons (Fsp3) is 0.412. The molecular weight excluding hydrogens is 358 g/mol. The van der Waals surface area contributed by atoms with Crippen LogP contribution in [0, 0.1) is 0 Å². The van der Waals surface area contributed by atoms with Crippen LogP contribution in [0.5, 0.6) is 0 Å². The first-order valence-electron chi connectivity index (χ1n) is 7.62. The second-order valence-electron chi connectivity index (χ2n) is 5.79. The minimum Gasteiger partial charge on any atom is -0.336 e. The minimum atomic E-state index is 0.0163. The second-order valence-corrected chi connectivity index (χ2v) is 6.70. The fourth-order valence-corrected chi connectivity index (χ4v) is 2.64. The fourth-order valence-electron chi connectivity index (χ4n) is 2.37. The summed E-state index contributed by atoms with van der Waals surface area (Å²) in [5.41, 5.74) is 0.679. The number of rotatable bonds is 4. The highest BCUT2D eigenvalue weighted by molar-refractivity contribution is 9.10. The Morgan fingerprint density at radius 3 is 2.22 bits per heavy atom. The minimum absolute atomic E-state index is 0.0163. The van der Waals surface area contributed by atoms with Gasteiger partial charge in [-0.15, -0.1) is 0 Å². The highest BCUT2D eigenvalue weighted by atomic mass is 79.9. The van der Waals surface area contributed by atoms with Crippen LogP contribution in [-0.4, -0.2) is 73.3 Å². The highest BCUT2D eigenvalue weighted by Gasteiger charge is 2.23. The molecule has 1 fully saturated rings.